The molecule has 26 heavy (non-hydrogen) atoms. The van der Waals surface area contributed by atoms with Gasteiger partial charge in [0.05, 0.1) is 18.2 Å². The van der Waals surface area contributed by atoms with E-state index in [9.17, 15) is 9.90 Å². The second-order valence-corrected chi connectivity index (χ2v) is 8.00. The van der Waals surface area contributed by atoms with Crippen molar-refractivity contribution in [3.63, 3.8) is 0 Å². The van der Waals surface area contributed by atoms with Crippen LogP contribution in [0.2, 0.25) is 0 Å². The number of hydrogen-bond acceptors (Lipinski definition) is 4. The lowest BCUT2D eigenvalue weighted by Crippen LogP contribution is -2.47. The molecular formula is C21H29N3O2. The molecule has 1 aliphatic rings. The number of β-amino-alcohol motifs (C(OH)–C–C–N with tert-alkyl or cyclic N) is 1. The number of aromatic nitrogens is 1. The van der Waals surface area contributed by atoms with Crippen molar-refractivity contribution in [3.8, 4) is 0 Å². The van der Waals surface area contributed by atoms with Gasteiger partial charge in [-0.2, -0.15) is 0 Å². The molecular weight excluding hydrogens is 326 g/mol. The van der Waals surface area contributed by atoms with E-state index in [0.717, 1.165) is 30.3 Å². The van der Waals surface area contributed by atoms with Crippen LogP contribution in [0.4, 0.5) is 0 Å². The molecule has 0 spiro atoms. The number of nitrogens with zero attached hydrogens (tertiary/aromatic N) is 2. The molecule has 1 saturated heterocycles. The lowest BCUT2D eigenvalue weighted by atomic mass is 9.94. The Labute approximate surface area is 155 Å². The molecule has 5 heteroatoms. The van der Waals surface area contributed by atoms with E-state index >= 15 is 0 Å². The highest BCUT2D eigenvalue weighted by Crippen LogP contribution is 2.25. The third-order valence-electron chi connectivity index (χ3n) is 5.43. The van der Waals surface area contributed by atoms with Gasteiger partial charge in [-0.3, -0.25) is 14.7 Å². The van der Waals surface area contributed by atoms with E-state index in [-0.39, 0.29) is 17.4 Å². The monoisotopic (exact) mass is 355 g/mol. The Morgan fingerprint density at radius 3 is 2.85 bits per heavy atom. The number of nitrogens with one attached hydrogen (secondary N) is 1. The van der Waals surface area contributed by atoms with Crippen molar-refractivity contribution in [2.24, 2.45) is 5.92 Å². The Morgan fingerprint density at radius 1 is 1.31 bits per heavy atom. The summed E-state index contributed by atoms with van der Waals surface area (Å²) in [6, 6.07) is 10.1. The van der Waals surface area contributed by atoms with Gasteiger partial charge in [-0.05, 0) is 44.4 Å². The van der Waals surface area contributed by atoms with Gasteiger partial charge in [0.1, 0.15) is 0 Å². The van der Waals surface area contributed by atoms with E-state index in [1.807, 2.05) is 44.3 Å². The summed E-state index contributed by atoms with van der Waals surface area (Å²) in [5.74, 6) is 0.159. The third-order valence-corrected chi connectivity index (χ3v) is 5.43. The normalized spacial score (nSPS) is 21.2. The number of amides is 1. The lowest BCUT2D eigenvalue weighted by Gasteiger charge is -2.26. The maximum atomic E-state index is 12.3. The van der Waals surface area contributed by atoms with Crippen molar-refractivity contribution in [2.75, 3.05) is 19.6 Å². The Bertz CT molecular complexity index is 769. The molecule has 0 saturated carbocycles. The van der Waals surface area contributed by atoms with Crippen LogP contribution >= 0.6 is 0 Å². The summed E-state index contributed by atoms with van der Waals surface area (Å²) in [6.07, 6.45) is 3.10. The standard InChI is InChI=1S/C21H29N3O2/c1-4-21(2,3)23-20(26)14-24-12-16(19(25)13-24)11-15-9-10-22-18-8-6-5-7-17(15)18/h5-10,16,19,25H,4,11-14H2,1-3H3,(H,23,26)/t16-,19-/m1/s1. The van der Waals surface area contributed by atoms with E-state index in [1.54, 1.807) is 0 Å². The number of carbonyl (C=O) groups is 1. The van der Waals surface area contributed by atoms with Crippen molar-refractivity contribution < 1.29 is 9.90 Å². The number of pyridine rings is 1. The van der Waals surface area contributed by atoms with Crippen LogP contribution in [0.5, 0.6) is 0 Å². The first kappa shape index (κ1) is 18.8. The van der Waals surface area contributed by atoms with Gasteiger partial charge in [0.25, 0.3) is 0 Å². The highest BCUT2D eigenvalue weighted by molar-refractivity contribution is 5.82. The predicted octanol–water partition coefficient (Wildman–Crippen LogP) is 2.37. The number of hydrogen-bond donors (Lipinski definition) is 2. The second-order valence-electron chi connectivity index (χ2n) is 8.00. The average Bonchev–Trinajstić information content (AvgIpc) is 2.93. The van der Waals surface area contributed by atoms with Crippen LogP contribution in [0.25, 0.3) is 10.9 Å². The molecule has 0 bridgehead atoms. The van der Waals surface area contributed by atoms with Crippen molar-refractivity contribution in [3.05, 3.63) is 42.1 Å². The lowest BCUT2D eigenvalue weighted by molar-refractivity contribution is -0.123. The fraction of sp³-hybridized carbons (Fsp3) is 0.524. The maximum absolute atomic E-state index is 12.3. The molecule has 1 aliphatic heterocycles. The number of aliphatic hydroxyl groups excluding tert-OH is 1. The number of rotatable bonds is 6. The molecule has 5 nitrogen and oxygen atoms in total. The summed E-state index contributed by atoms with van der Waals surface area (Å²) in [6.45, 7) is 7.75. The molecule has 1 fully saturated rings. The largest absolute Gasteiger partial charge is 0.391 e. The summed E-state index contributed by atoms with van der Waals surface area (Å²) in [4.78, 5) is 18.7. The zero-order valence-corrected chi connectivity index (χ0v) is 15.9. The molecule has 0 aliphatic carbocycles. The number of para-hydroxylation sites is 1. The minimum atomic E-state index is -0.408. The number of fused-ring (bicyclic) bond motifs is 1. The van der Waals surface area contributed by atoms with Gasteiger partial charge < -0.3 is 10.4 Å². The predicted molar refractivity (Wildman–Crippen MR) is 104 cm³/mol. The van der Waals surface area contributed by atoms with E-state index < -0.39 is 6.10 Å². The van der Waals surface area contributed by atoms with Crippen molar-refractivity contribution in [1.29, 1.82) is 0 Å². The van der Waals surface area contributed by atoms with Crippen molar-refractivity contribution in [1.82, 2.24) is 15.2 Å². The molecule has 0 radical (unpaired) electrons. The van der Waals surface area contributed by atoms with E-state index in [4.69, 9.17) is 0 Å². The van der Waals surface area contributed by atoms with Crippen molar-refractivity contribution in [2.45, 2.75) is 45.3 Å². The van der Waals surface area contributed by atoms with Gasteiger partial charge in [0.2, 0.25) is 5.91 Å². The zero-order chi connectivity index (χ0) is 18.7. The average molecular weight is 355 g/mol. The second kappa shape index (κ2) is 7.72. The molecule has 2 N–H and O–H groups in total. The van der Waals surface area contributed by atoms with Gasteiger partial charge in [0, 0.05) is 36.1 Å². The van der Waals surface area contributed by atoms with Crippen LogP contribution in [0, 0.1) is 5.92 Å². The number of likely N-dealkylation sites (tertiary alicyclic amines) is 1. The molecule has 0 unspecified atom stereocenters. The van der Waals surface area contributed by atoms with Crippen molar-refractivity contribution >= 4 is 16.8 Å². The Morgan fingerprint density at radius 2 is 2.08 bits per heavy atom. The summed E-state index contributed by atoms with van der Waals surface area (Å²) in [7, 11) is 0. The van der Waals surface area contributed by atoms with Crippen LogP contribution in [-0.2, 0) is 11.2 Å². The summed E-state index contributed by atoms with van der Waals surface area (Å²) < 4.78 is 0. The van der Waals surface area contributed by atoms with Gasteiger partial charge in [0.15, 0.2) is 0 Å². The third kappa shape index (κ3) is 4.40. The first-order valence-corrected chi connectivity index (χ1v) is 9.42. The van der Waals surface area contributed by atoms with E-state index in [2.05, 4.69) is 28.2 Å². The zero-order valence-electron chi connectivity index (χ0n) is 15.9. The van der Waals surface area contributed by atoms with E-state index in [1.165, 1.54) is 5.56 Å². The highest BCUT2D eigenvalue weighted by atomic mass is 16.3. The Balaban J connectivity index is 1.63. The summed E-state index contributed by atoms with van der Waals surface area (Å²) >= 11 is 0. The molecule has 140 valence electrons. The Hall–Kier alpha value is -1.98. The Kier molecular flexibility index (Phi) is 5.58. The number of aliphatic hydroxyl groups is 1. The molecule has 1 amide bonds. The molecule has 3 rings (SSSR count). The molecule has 1 aromatic heterocycles. The quantitative estimate of drug-likeness (QED) is 0.835. The van der Waals surface area contributed by atoms with Gasteiger partial charge in [-0.15, -0.1) is 0 Å². The minimum Gasteiger partial charge on any atom is -0.391 e. The molecule has 1 aromatic carbocycles. The summed E-state index contributed by atoms with van der Waals surface area (Å²) in [5, 5.41) is 14.7. The fourth-order valence-electron chi connectivity index (χ4n) is 3.60. The van der Waals surface area contributed by atoms with Gasteiger partial charge in [-0.25, -0.2) is 0 Å². The molecule has 2 heterocycles. The van der Waals surface area contributed by atoms with Gasteiger partial charge in [-0.1, -0.05) is 25.1 Å². The van der Waals surface area contributed by atoms with Crippen LogP contribution in [0.1, 0.15) is 32.8 Å². The SMILES string of the molecule is CCC(C)(C)NC(=O)CN1C[C@@H](Cc2ccnc3ccccc23)[C@H](O)C1. The number of carbonyl (C=O) groups excluding carboxylic acids is 1. The summed E-state index contributed by atoms with van der Waals surface area (Å²) in [5.41, 5.74) is 2.00. The first-order chi connectivity index (χ1) is 12.4. The van der Waals surface area contributed by atoms with Crippen LogP contribution < -0.4 is 5.32 Å². The molecule has 2 atom stereocenters. The molecule has 2 aromatic rings. The highest BCUT2D eigenvalue weighted by Gasteiger charge is 2.33. The fourth-order valence-corrected chi connectivity index (χ4v) is 3.60. The topological polar surface area (TPSA) is 65.5 Å². The van der Waals surface area contributed by atoms with Crippen LogP contribution in [-0.4, -0.2) is 52.2 Å². The van der Waals surface area contributed by atoms with E-state index in [0.29, 0.717) is 13.1 Å². The van der Waals surface area contributed by atoms with Crippen LogP contribution in [0.3, 0.4) is 0 Å². The van der Waals surface area contributed by atoms with Gasteiger partial charge >= 0.3 is 0 Å². The van der Waals surface area contributed by atoms with Crippen LogP contribution in [0.15, 0.2) is 36.5 Å². The first-order valence-electron chi connectivity index (χ1n) is 9.42. The number of benzene rings is 1. The maximum Gasteiger partial charge on any atom is 0.234 e. The smallest absolute Gasteiger partial charge is 0.234 e. The minimum absolute atomic E-state index is 0.0269.